The molecule has 2 rings (SSSR count). The quantitative estimate of drug-likeness (QED) is 0.875. The maximum Gasteiger partial charge on any atom is 0.0371 e. The highest BCUT2D eigenvalue weighted by Gasteiger charge is 2.13. The molecule has 2 nitrogen and oxygen atoms in total. The Kier molecular flexibility index (Phi) is 4.29. The molecule has 0 bridgehead atoms. The van der Waals surface area contributed by atoms with Crippen LogP contribution in [-0.4, -0.2) is 11.5 Å². The SMILES string of the molecule is CCNC(Cc1ccncc1)c1cscc1C. The Balaban J connectivity index is 2.16. The van der Waals surface area contributed by atoms with E-state index in [0.717, 1.165) is 13.0 Å². The van der Waals surface area contributed by atoms with Crippen LogP contribution in [0.3, 0.4) is 0 Å². The predicted octanol–water partition coefficient (Wildman–Crippen LogP) is 3.34. The average molecular weight is 246 g/mol. The molecule has 2 aromatic heterocycles. The molecule has 0 saturated carbocycles. The Morgan fingerprint density at radius 2 is 2.06 bits per heavy atom. The topological polar surface area (TPSA) is 24.9 Å². The van der Waals surface area contributed by atoms with E-state index >= 15 is 0 Å². The van der Waals surface area contributed by atoms with Gasteiger partial charge in [-0.25, -0.2) is 0 Å². The van der Waals surface area contributed by atoms with Crippen LogP contribution in [-0.2, 0) is 6.42 Å². The number of rotatable bonds is 5. The van der Waals surface area contributed by atoms with Gasteiger partial charge in [0.1, 0.15) is 0 Å². The Morgan fingerprint density at radius 3 is 2.65 bits per heavy atom. The third-order valence-electron chi connectivity index (χ3n) is 2.91. The minimum absolute atomic E-state index is 0.411. The molecular formula is C14H18N2S. The fourth-order valence-electron chi connectivity index (χ4n) is 2.02. The first-order valence-corrected chi connectivity index (χ1v) is 6.90. The minimum Gasteiger partial charge on any atom is -0.310 e. The maximum atomic E-state index is 4.06. The number of nitrogens with zero attached hydrogens (tertiary/aromatic N) is 1. The van der Waals surface area contributed by atoms with Crippen molar-refractivity contribution in [3.63, 3.8) is 0 Å². The number of hydrogen-bond donors (Lipinski definition) is 1. The zero-order valence-corrected chi connectivity index (χ0v) is 11.1. The highest BCUT2D eigenvalue weighted by Crippen LogP contribution is 2.24. The molecule has 0 radical (unpaired) electrons. The van der Waals surface area contributed by atoms with Gasteiger partial charge in [-0.05, 0) is 59.5 Å². The summed E-state index contributed by atoms with van der Waals surface area (Å²) in [5.41, 5.74) is 4.14. The summed E-state index contributed by atoms with van der Waals surface area (Å²) in [5, 5.41) is 8.03. The monoisotopic (exact) mass is 246 g/mol. The molecule has 0 saturated heterocycles. The summed E-state index contributed by atoms with van der Waals surface area (Å²) in [6.45, 7) is 5.33. The lowest BCUT2D eigenvalue weighted by Crippen LogP contribution is -2.23. The van der Waals surface area contributed by atoms with Crippen molar-refractivity contribution in [3.05, 3.63) is 52.0 Å². The summed E-state index contributed by atoms with van der Waals surface area (Å²) >= 11 is 1.78. The molecule has 2 heterocycles. The fourth-order valence-corrected chi connectivity index (χ4v) is 2.93. The molecule has 0 spiro atoms. The van der Waals surface area contributed by atoms with Crippen molar-refractivity contribution in [2.45, 2.75) is 26.3 Å². The second kappa shape index (κ2) is 5.94. The summed E-state index contributed by atoms with van der Waals surface area (Å²) in [7, 11) is 0. The lowest BCUT2D eigenvalue weighted by Gasteiger charge is -2.18. The van der Waals surface area contributed by atoms with Crippen molar-refractivity contribution in [2.24, 2.45) is 0 Å². The van der Waals surface area contributed by atoms with E-state index in [1.54, 1.807) is 11.3 Å². The first kappa shape index (κ1) is 12.3. The van der Waals surface area contributed by atoms with E-state index in [1.807, 2.05) is 12.4 Å². The van der Waals surface area contributed by atoms with Gasteiger partial charge in [-0.1, -0.05) is 6.92 Å². The van der Waals surface area contributed by atoms with Crippen molar-refractivity contribution in [1.29, 1.82) is 0 Å². The Labute approximate surface area is 107 Å². The van der Waals surface area contributed by atoms with Crippen molar-refractivity contribution >= 4 is 11.3 Å². The number of hydrogen-bond acceptors (Lipinski definition) is 3. The molecule has 1 N–H and O–H groups in total. The van der Waals surface area contributed by atoms with E-state index in [1.165, 1.54) is 16.7 Å². The second-order valence-corrected chi connectivity index (χ2v) is 4.92. The van der Waals surface area contributed by atoms with Crippen LogP contribution in [0.25, 0.3) is 0 Å². The van der Waals surface area contributed by atoms with Gasteiger partial charge >= 0.3 is 0 Å². The second-order valence-electron chi connectivity index (χ2n) is 4.18. The minimum atomic E-state index is 0.411. The van der Waals surface area contributed by atoms with E-state index in [4.69, 9.17) is 0 Å². The van der Waals surface area contributed by atoms with Gasteiger partial charge in [-0.2, -0.15) is 11.3 Å². The van der Waals surface area contributed by atoms with E-state index in [0.29, 0.717) is 6.04 Å². The summed E-state index contributed by atoms with van der Waals surface area (Å²) < 4.78 is 0. The molecule has 0 aromatic carbocycles. The van der Waals surface area contributed by atoms with Crippen LogP contribution in [0.5, 0.6) is 0 Å². The van der Waals surface area contributed by atoms with Crippen molar-refractivity contribution in [2.75, 3.05) is 6.54 Å². The highest BCUT2D eigenvalue weighted by atomic mass is 32.1. The molecule has 1 unspecified atom stereocenters. The maximum absolute atomic E-state index is 4.06. The highest BCUT2D eigenvalue weighted by molar-refractivity contribution is 7.08. The zero-order chi connectivity index (χ0) is 12.1. The molecule has 1 atom stereocenters. The first-order valence-electron chi connectivity index (χ1n) is 5.96. The van der Waals surface area contributed by atoms with Crippen LogP contribution in [0, 0.1) is 6.92 Å². The Bertz CT molecular complexity index is 450. The zero-order valence-electron chi connectivity index (χ0n) is 10.3. The molecule has 0 aliphatic heterocycles. The normalized spacial score (nSPS) is 12.6. The van der Waals surface area contributed by atoms with Gasteiger partial charge in [0.05, 0.1) is 0 Å². The number of aromatic nitrogens is 1. The molecule has 17 heavy (non-hydrogen) atoms. The van der Waals surface area contributed by atoms with Gasteiger partial charge in [-0.3, -0.25) is 4.98 Å². The standard InChI is InChI=1S/C14H18N2S/c1-3-16-14(13-10-17-9-11(13)2)8-12-4-6-15-7-5-12/h4-7,9-10,14,16H,3,8H2,1-2H3. The predicted molar refractivity (Wildman–Crippen MR) is 73.4 cm³/mol. The van der Waals surface area contributed by atoms with Crippen LogP contribution >= 0.6 is 11.3 Å². The Morgan fingerprint density at radius 1 is 1.29 bits per heavy atom. The molecule has 3 heteroatoms. The van der Waals surface area contributed by atoms with Crippen LogP contribution in [0.4, 0.5) is 0 Å². The van der Waals surface area contributed by atoms with Crippen LogP contribution in [0.1, 0.15) is 29.7 Å². The lowest BCUT2D eigenvalue weighted by atomic mass is 9.99. The van der Waals surface area contributed by atoms with Gasteiger partial charge in [0.25, 0.3) is 0 Å². The molecule has 0 amide bonds. The van der Waals surface area contributed by atoms with Gasteiger partial charge in [0.2, 0.25) is 0 Å². The van der Waals surface area contributed by atoms with E-state index in [9.17, 15) is 0 Å². The van der Waals surface area contributed by atoms with Crippen LogP contribution in [0.15, 0.2) is 35.3 Å². The van der Waals surface area contributed by atoms with Gasteiger partial charge in [0.15, 0.2) is 0 Å². The lowest BCUT2D eigenvalue weighted by molar-refractivity contribution is 0.549. The smallest absolute Gasteiger partial charge is 0.0371 e. The first-order chi connectivity index (χ1) is 8.31. The molecule has 90 valence electrons. The largest absolute Gasteiger partial charge is 0.310 e. The van der Waals surface area contributed by atoms with Gasteiger partial charge < -0.3 is 5.32 Å². The fraction of sp³-hybridized carbons (Fsp3) is 0.357. The van der Waals surface area contributed by atoms with Crippen LogP contribution in [0.2, 0.25) is 0 Å². The summed E-state index contributed by atoms with van der Waals surface area (Å²) in [5.74, 6) is 0. The van der Waals surface area contributed by atoms with E-state index in [-0.39, 0.29) is 0 Å². The molecule has 0 aliphatic rings. The summed E-state index contributed by atoms with van der Waals surface area (Å²) in [6.07, 6.45) is 4.74. The molecular weight excluding hydrogens is 228 g/mol. The molecule has 0 fully saturated rings. The van der Waals surface area contributed by atoms with E-state index < -0.39 is 0 Å². The third-order valence-corrected chi connectivity index (χ3v) is 3.79. The van der Waals surface area contributed by atoms with Gasteiger partial charge in [0, 0.05) is 18.4 Å². The number of likely N-dealkylation sites (N-methyl/N-ethyl adjacent to an activating group) is 1. The van der Waals surface area contributed by atoms with Crippen molar-refractivity contribution < 1.29 is 0 Å². The van der Waals surface area contributed by atoms with Crippen molar-refractivity contribution in [1.82, 2.24) is 10.3 Å². The summed E-state index contributed by atoms with van der Waals surface area (Å²) in [6, 6.07) is 4.59. The van der Waals surface area contributed by atoms with Crippen LogP contribution < -0.4 is 5.32 Å². The number of thiophene rings is 1. The Hall–Kier alpha value is -1.19. The average Bonchev–Trinajstić information content (AvgIpc) is 2.76. The third kappa shape index (κ3) is 3.14. The van der Waals surface area contributed by atoms with E-state index in [2.05, 4.69) is 47.0 Å². The van der Waals surface area contributed by atoms with Gasteiger partial charge in [-0.15, -0.1) is 0 Å². The van der Waals surface area contributed by atoms with Crippen molar-refractivity contribution in [3.8, 4) is 0 Å². The molecule has 2 aromatic rings. The number of pyridine rings is 1. The molecule has 0 aliphatic carbocycles. The number of aryl methyl sites for hydroxylation is 1. The number of nitrogens with one attached hydrogen (secondary N) is 1. The summed E-state index contributed by atoms with van der Waals surface area (Å²) in [4.78, 5) is 4.06.